The Bertz CT molecular complexity index is 482. The van der Waals surface area contributed by atoms with Crippen LogP contribution in [0.3, 0.4) is 0 Å². The summed E-state index contributed by atoms with van der Waals surface area (Å²) in [6.07, 6.45) is 1.60. The van der Waals surface area contributed by atoms with Gasteiger partial charge in [0.05, 0.1) is 6.61 Å². The number of esters is 1. The molecule has 82 valence electrons. The molecule has 0 unspecified atom stereocenters. The molecule has 0 aliphatic carbocycles. The summed E-state index contributed by atoms with van der Waals surface area (Å²) in [7, 11) is 0. The van der Waals surface area contributed by atoms with Crippen LogP contribution in [-0.4, -0.2) is 37.8 Å². The highest BCUT2D eigenvalue weighted by Crippen LogP contribution is 1.99. The molecule has 0 radical (unpaired) electrons. The monoisotopic (exact) mass is 219 g/mol. The van der Waals surface area contributed by atoms with Gasteiger partial charge in [-0.2, -0.15) is 0 Å². The molecule has 16 heavy (non-hydrogen) atoms. The van der Waals surface area contributed by atoms with Crippen LogP contribution < -0.4 is 0 Å². The molecule has 0 N–H and O–H groups in total. The van der Waals surface area contributed by atoms with Gasteiger partial charge in [0.2, 0.25) is 0 Å². The van der Waals surface area contributed by atoms with E-state index in [0.717, 1.165) is 0 Å². The summed E-state index contributed by atoms with van der Waals surface area (Å²) in [5.41, 5.74) is 0. The van der Waals surface area contributed by atoms with Crippen LogP contribution in [0.25, 0.3) is 5.82 Å². The molecule has 0 saturated heterocycles. The predicted molar refractivity (Wildman–Crippen MR) is 52.9 cm³/mol. The molecule has 0 atom stereocenters. The van der Waals surface area contributed by atoms with Crippen LogP contribution in [0.2, 0.25) is 0 Å². The van der Waals surface area contributed by atoms with Crippen molar-refractivity contribution >= 4 is 5.97 Å². The molecule has 2 heterocycles. The number of pyridine rings is 1. The van der Waals surface area contributed by atoms with Crippen LogP contribution in [0.5, 0.6) is 0 Å². The highest BCUT2D eigenvalue weighted by molar-refractivity contribution is 5.84. The number of carbonyl (C=O) groups is 1. The Morgan fingerprint density at radius 1 is 1.50 bits per heavy atom. The predicted octanol–water partition coefficient (Wildman–Crippen LogP) is 0.234. The Balaban J connectivity index is 2.23. The van der Waals surface area contributed by atoms with Crippen molar-refractivity contribution in [2.24, 2.45) is 0 Å². The van der Waals surface area contributed by atoms with Crippen molar-refractivity contribution in [3.05, 3.63) is 30.2 Å². The summed E-state index contributed by atoms with van der Waals surface area (Å²) >= 11 is 0. The first-order valence-electron chi connectivity index (χ1n) is 4.70. The number of ether oxygens (including phenoxy) is 1. The van der Waals surface area contributed by atoms with Crippen LogP contribution >= 0.6 is 0 Å². The van der Waals surface area contributed by atoms with Gasteiger partial charge >= 0.3 is 5.97 Å². The van der Waals surface area contributed by atoms with Crippen molar-refractivity contribution in [1.29, 1.82) is 0 Å². The third-order valence-electron chi connectivity index (χ3n) is 1.73. The van der Waals surface area contributed by atoms with Gasteiger partial charge in [-0.25, -0.2) is 9.78 Å². The van der Waals surface area contributed by atoms with E-state index < -0.39 is 5.97 Å². The first-order valence-corrected chi connectivity index (χ1v) is 4.70. The topological polar surface area (TPSA) is 82.8 Å². The van der Waals surface area contributed by atoms with E-state index in [9.17, 15) is 4.79 Å². The summed E-state index contributed by atoms with van der Waals surface area (Å²) in [6, 6.07) is 5.26. The molecular formula is C9H9N5O2. The van der Waals surface area contributed by atoms with Gasteiger partial charge < -0.3 is 4.74 Å². The molecule has 0 aromatic carbocycles. The smallest absolute Gasteiger partial charge is 0.380 e. The van der Waals surface area contributed by atoms with Crippen molar-refractivity contribution in [2.45, 2.75) is 6.92 Å². The number of nitrogens with zero attached hydrogens (tertiary/aromatic N) is 5. The van der Waals surface area contributed by atoms with Crippen LogP contribution in [0, 0.1) is 0 Å². The highest BCUT2D eigenvalue weighted by atomic mass is 16.5. The van der Waals surface area contributed by atoms with Crippen molar-refractivity contribution < 1.29 is 9.53 Å². The van der Waals surface area contributed by atoms with Crippen LogP contribution in [-0.2, 0) is 4.74 Å². The molecule has 0 aliphatic heterocycles. The molecule has 0 aliphatic rings. The normalized spacial score (nSPS) is 10.1. The lowest BCUT2D eigenvalue weighted by Gasteiger charge is -1.95. The van der Waals surface area contributed by atoms with E-state index in [1.165, 1.54) is 4.80 Å². The average molecular weight is 219 g/mol. The number of hydrogen-bond donors (Lipinski definition) is 0. The number of carbonyl (C=O) groups excluding carboxylic acids is 1. The van der Waals surface area contributed by atoms with Gasteiger partial charge in [0, 0.05) is 6.20 Å². The lowest BCUT2D eigenvalue weighted by Crippen LogP contribution is -2.08. The average Bonchev–Trinajstić information content (AvgIpc) is 2.80. The van der Waals surface area contributed by atoms with E-state index >= 15 is 0 Å². The molecule has 7 nitrogen and oxygen atoms in total. The fraction of sp³-hybridized carbons (Fsp3) is 0.222. The van der Waals surface area contributed by atoms with Crippen molar-refractivity contribution in [1.82, 2.24) is 25.2 Å². The summed E-state index contributed by atoms with van der Waals surface area (Å²) < 4.78 is 4.74. The van der Waals surface area contributed by atoms with Crippen LogP contribution in [0.15, 0.2) is 24.4 Å². The van der Waals surface area contributed by atoms with E-state index in [-0.39, 0.29) is 12.4 Å². The Morgan fingerprint density at radius 3 is 3.06 bits per heavy atom. The summed E-state index contributed by atoms with van der Waals surface area (Å²) in [5, 5.41) is 11.1. The zero-order chi connectivity index (χ0) is 11.4. The van der Waals surface area contributed by atoms with Gasteiger partial charge in [0.15, 0.2) is 5.82 Å². The van der Waals surface area contributed by atoms with E-state index in [4.69, 9.17) is 4.74 Å². The Kier molecular flexibility index (Phi) is 2.86. The second-order valence-electron chi connectivity index (χ2n) is 2.81. The Labute approximate surface area is 91.1 Å². The number of rotatable bonds is 3. The summed E-state index contributed by atoms with van der Waals surface area (Å²) in [4.78, 5) is 16.5. The lowest BCUT2D eigenvalue weighted by atomic mass is 10.5. The van der Waals surface area contributed by atoms with E-state index in [0.29, 0.717) is 5.82 Å². The minimum atomic E-state index is -0.593. The fourth-order valence-corrected chi connectivity index (χ4v) is 1.06. The van der Waals surface area contributed by atoms with Gasteiger partial charge in [-0.05, 0) is 24.3 Å². The SMILES string of the molecule is CCOC(=O)c1nnn(-c2ccccn2)n1. The lowest BCUT2D eigenvalue weighted by molar-refractivity contribution is 0.0512. The molecule has 0 fully saturated rings. The van der Waals surface area contributed by atoms with Gasteiger partial charge in [-0.3, -0.25) is 0 Å². The molecular weight excluding hydrogens is 210 g/mol. The third kappa shape index (κ3) is 2.02. The zero-order valence-electron chi connectivity index (χ0n) is 8.57. The van der Waals surface area contributed by atoms with E-state index in [2.05, 4.69) is 20.4 Å². The zero-order valence-corrected chi connectivity index (χ0v) is 8.57. The van der Waals surface area contributed by atoms with Gasteiger partial charge in [0.25, 0.3) is 5.82 Å². The van der Waals surface area contributed by atoms with Crippen LogP contribution in [0.4, 0.5) is 0 Å². The van der Waals surface area contributed by atoms with Crippen molar-refractivity contribution in [3.63, 3.8) is 0 Å². The van der Waals surface area contributed by atoms with Gasteiger partial charge in [0.1, 0.15) is 0 Å². The molecule has 0 amide bonds. The highest BCUT2D eigenvalue weighted by Gasteiger charge is 2.14. The first kappa shape index (κ1) is 10.2. The summed E-state index contributed by atoms with van der Waals surface area (Å²) in [6.45, 7) is 1.98. The second-order valence-corrected chi connectivity index (χ2v) is 2.81. The molecule has 2 aromatic heterocycles. The maximum absolute atomic E-state index is 11.3. The van der Waals surface area contributed by atoms with Gasteiger partial charge in [-0.15, -0.1) is 15.0 Å². The third-order valence-corrected chi connectivity index (χ3v) is 1.73. The number of hydrogen-bond acceptors (Lipinski definition) is 6. The van der Waals surface area contributed by atoms with Crippen LogP contribution in [0.1, 0.15) is 17.5 Å². The molecule has 0 spiro atoms. The maximum atomic E-state index is 11.3. The summed E-state index contributed by atoms with van der Waals surface area (Å²) in [5.74, 6) is -0.178. The fourth-order valence-electron chi connectivity index (χ4n) is 1.06. The molecule has 0 saturated carbocycles. The first-order chi connectivity index (χ1) is 7.81. The Hall–Kier alpha value is -2.31. The molecule has 2 rings (SSSR count). The Morgan fingerprint density at radius 2 is 2.38 bits per heavy atom. The molecule has 7 heteroatoms. The van der Waals surface area contributed by atoms with Gasteiger partial charge in [-0.1, -0.05) is 6.07 Å². The largest absolute Gasteiger partial charge is 0.460 e. The quantitative estimate of drug-likeness (QED) is 0.687. The van der Waals surface area contributed by atoms with Crippen molar-refractivity contribution in [2.75, 3.05) is 6.61 Å². The molecule has 0 bridgehead atoms. The second kappa shape index (κ2) is 4.47. The maximum Gasteiger partial charge on any atom is 0.380 e. The number of tetrazole rings is 1. The minimum Gasteiger partial charge on any atom is -0.460 e. The van der Waals surface area contributed by atoms with Crippen molar-refractivity contribution in [3.8, 4) is 5.82 Å². The minimum absolute atomic E-state index is 0.0764. The van der Waals surface area contributed by atoms with E-state index in [1.807, 2.05) is 0 Å². The standard InChI is InChI=1S/C9H9N5O2/c1-2-16-9(15)8-11-13-14(12-8)7-5-3-4-6-10-7/h3-6H,2H2,1H3. The molecule has 2 aromatic rings. The number of aromatic nitrogens is 5. The van der Waals surface area contributed by atoms with E-state index in [1.54, 1.807) is 31.3 Å².